The predicted molar refractivity (Wildman–Crippen MR) is 80.6 cm³/mol. The van der Waals surface area contributed by atoms with Crippen molar-refractivity contribution in [1.29, 1.82) is 0 Å². The van der Waals surface area contributed by atoms with Gasteiger partial charge >= 0.3 is 0 Å². The average molecular weight is 286 g/mol. The van der Waals surface area contributed by atoms with Gasteiger partial charge in [-0.05, 0) is 24.1 Å². The summed E-state index contributed by atoms with van der Waals surface area (Å²) >= 11 is 0. The number of methoxy groups -OCH3 is 1. The fourth-order valence-corrected chi connectivity index (χ4v) is 1.80. The van der Waals surface area contributed by atoms with Gasteiger partial charge in [0.1, 0.15) is 17.3 Å². The Hall–Kier alpha value is -2.63. The summed E-state index contributed by atoms with van der Waals surface area (Å²) in [5, 5.41) is 5.68. The molecule has 0 saturated heterocycles. The van der Waals surface area contributed by atoms with Crippen LogP contribution in [-0.2, 0) is 6.42 Å². The van der Waals surface area contributed by atoms with Crippen molar-refractivity contribution in [2.45, 2.75) is 6.42 Å². The summed E-state index contributed by atoms with van der Waals surface area (Å²) in [5.74, 6) is 1.16. The molecule has 0 aliphatic carbocycles. The highest BCUT2D eigenvalue weighted by Gasteiger charge is 2.07. The third-order valence-corrected chi connectivity index (χ3v) is 2.98. The summed E-state index contributed by atoms with van der Waals surface area (Å²) in [6, 6.07) is 7.76. The molecule has 1 amide bonds. The lowest BCUT2D eigenvalue weighted by molar-refractivity contribution is 0.0949. The van der Waals surface area contributed by atoms with Crippen molar-refractivity contribution in [3.8, 4) is 5.75 Å². The van der Waals surface area contributed by atoms with Crippen LogP contribution in [0.3, 0.4) is 0 Å². The Labute approximate surface area is 123 Å². The minimum atomic E-state index is -0.229. The largest absolute Gasteiger partial charge is 0.497 e. The van der Waals surface area contributed by atoms with Crippen LogP contribution in [-0.4, -0.2) is 36.6 Å². The van der Waals surface area contributed by atoms with Crippen molar-refractivity contribution in [2.24, 2.45) is 0 Å². The van der Waals surface area contributed by atoms with Gasteiger partial charge in [-0.3, -0.25) is 9.78 Å². The van der Waals surface area contributed by atoms with E-state index >= 15 is 0 Å². The number of rotatable bonds is 6. The standard InChI is InChI=1S/C15H18N4O2/c1-16-14-10-17-9-13(19-14)15(20)18-8-7-11-3-5-12(21-2)6-4-11/h3-6,9-10H,7-8H2,1-2H3,(H,16,19)(H,18,20). The fourth-order valence-electron chi connectivity index (χ4n) is 1.80. The molecular weight excluding hydrogens is 268 g/mol. The van der Waals surface area contributed by atoms with Crippen LogP contribution in [0.1, 0.15) is 16.1 Å². The summed E-state index contributed by atoms with van der Waals surface area (Å²) in [4.78, 5) is 20.0. The number of ether oxygens (including phenoxy) is 1. The van der Waals surface area contributed by atoms with E-state index in [-0.39, 0.29) is 5.91 Å². The molecule has 0 aliphatic heterocycles. The molecule has 2 aromatic rings. The van der Waals surface area contributed by atoms with E-state index < -0.39 is 0 Å². The molecule has 0 spiro atoms. The molecule has 2 N–H and O–H groups in total. The highest BCUT2D eigenvalue weighted by Crippen LogP contribution is 2.11. The van der Waals surface area contributed by atoms with E-state index in [4.69, 9.17) is 4.74 Å². The summed E-state index contributed by atoms with van der Waals surface area (Å²) in [5.41, 5.74) is 1.43. The zero-order valence-electron chi connectivity index (χ0n) is 12.1. The highest BCUT2D eigenvalue weighted by molar-refractivity contribution is 5.92. The monoisotopic (exact) mass is 286 g/mol. The topological polar surface area (TPSA) is 76.1 Å². The molecule has 0 bridgehead atoms. The summed E-state index contributed by atoms with van der Waals surface area (Å²) in [6.07, 6.45) is 3.76. The molecule has 1 heterocycles. The van der Waals surface area contributed by atoms with Gasteiger partial charge in [-0.15, -0.1) is 0 Å². The Morgan fingerprint density at radius 2 is 2.00 bits per heavy atom. The Balaban J connectivity index is 1.85. The Bertz CT molecular complexity index is 599. The first-order chi connectivity index (χ1) is 10.2. The van der Waals surface area contributed by atoms with Crippen LogP contribution in [0.15, 0.2) is 36.7 Å². The lowest BCUT2D eigenvalue weighted by atomic mass is 10.1. The van der Waals surface area contributed by atoms with Crippen molar-refractivity contribution in [2.75, 3.05) is 26.0 Å². The summed E-state index contributed by atoms with van der Waals surface area (Å²) < 4.78 is 5.10. The van der Waals surface area contributed by atoms with Crippen molar-refractivity contribution >= 4 is 11.7 Å². The molecule has 6 heteroatoms. The minimum absolute atomic E-state index is 0.229. The Morgan fingerprint density at radius 1 is 1.24 bits per heavy atom. The SMILES string of the molecule is CNc1cncc(C(=O)NCCc2ccc(OC)cc2)n1. The molecule has 0 fully saturated rings. The Morgan fingerprint density at radius 3 is 2.67 bits per heavy atom. The van der Waals surface area contributed by atoms with Gasteiger partial charge < -0.3 is 15.4 Å². The van der Waals surface area contributed by atoms with Crippen molar-refractivity contribution < 1.29 is 9.53 Å². The molecule has 21 heavy (non-hydrogen) atoms. The zero-order valence-corrected chi connectivity index (χ0v) is 12.1. The number of benzene rings is 1. The maximum atomic E-state index is 11.9. The minimum Gasteiger partial charge on any atom is -0.497 e. The number of hydrogen-bond acceptors (Lipinski definition) is 5. The first-order valence-corrected chi connectivity index (χ1v) is 6.64. The maximum absolute atomic E-state index is 11.9. The molecule has 1 aromatic carbocycles. The number of nitrogens with one attached hydrogen (secondary N) is 2. The zero-order chi connectivity index (χ0) is 15.1. The van der Waals surface area contributed by atoms with Crippen LogP contribution >= 0.6 is 0 Å². The number of amides is 1. The van der Waals surface area contributed by atoms with Gasteiger partial charge in [0.25, 0.3) is 5.91 Å². The van der Waals surface area contributed by atoms with Gasteiger partial charge in [0.2, 0.25) is 0 Å². The normalized spacial score (nSPS) is 10.0. The molecule has 0 atom stereocenters. The summed E-state index contributed by atoms with van der Waals surface area (Å²) in [6.45, 7) is 0.538. The first kappa shape index (κ1) is 14.8. The van der Waals surface area contributed by atoms with Crippen molar-refractivity contribution in [3.63, 3.8) is 0 Å². The first-order valence-electron chi connectivity index (χ1n) is 6.64. The molecule has 6 nitrogen and oxygen atoms in total. The van der Waals surface area contributed by atoms with E-state index in [1.54, 1.807) is 20.4 Å². The molecule has 0 aliphatic rings. The van der Waals surface area contributed by atoms with Crippen LogP contribution in [0.2, 0.25) is 0 Å². The van der Waals surface area contributed by atoms with Gasteiger partial charge in [-0.2, -0.15) is 0 Å². The number of carbonyl (C=O) groups excluding carboxylic acids is 1. The maximum Gasteiger partial charge on any atom is 0.271 e. The van der Waals surface area contributed by atoms with Gasteiger partial charge in [-0.1, -0.05) is 12.1 Å². The second-order valence-corrected chi connectivity index (χ2v) is 4.39. The fraction of sp³-hybridized carbons (Fsp3) is 0.267. The number of nitrogens with zero attached hydrogens (tertiary/aromatic N) is 2. The molecule has 0 unspecified atom stereocenters. The second kappa shape index (κ2) is 7.23. The third kappa shape index (κ3) is 4.17. The smallest absolute Gasteiger partial charge is 0.271 e. The predicted octanol–water partition coefficient (Wildman–Crippen LogP) is 1.50. The van der Waals surface area contributed by atoms with E-state index in [1.165, 1.54) is 6.20 Å². The van der Waals surface area contributed by atoms with Crippen molar-refractivity contribution in [3.05, 3.63) is 47.9 Å². The highest BCUT2D eigenvalue weighted by atomic mass is 16.5. The quantitative estimate of drug-likeness (QED) is 0.841. The number of hydrogen-bond donors (Lipinski definition) is 2. The molecule has 0 saturated carbocycles. The summed E-state index contributed by atoms with van der Waals surface area (Å²) in [7, 11) is 3.37. The van der Waals surface area contributed by atoms with E-state index in [0.717, 1.165) is 17.7 Å². The number of aromatic nitrogens is 2. The van der Waals surface area contributed by atoms with Crippen LogP contribution in [0, 0.1) is 0 Å². The molecular formula is C15H18N4O2. The third-order valence-electron chi connectivity index (χ3n) is 2.98. The van der Waals surface area contributed by atoms with Crippen LogP contribution in [0.5, 0.6) is 5.75 Å². The van der Waals surface area contributed by atoms with E-state index in [1.807, 2.05) is 24.3 Å². The molecule has 1 aromatic heterocycles. The molecule has 110 valence electrons. The van der Waals surface area contributed by atoms with Gasteiger partial charge in [-0.25, -0.2) is 4.98 Å². The Kier molecular flexibility index (Phi) is 5.09. The van der Waals surface area contributed by atoms with E-state index in [9.17, 15) is 4.79 Å². The lowest BCUT2D eigenvalue weighted by Gasteiger charge is -2.06. The van der Waals surface area contributed by atoms with Crippen LogP contribution < -0.4 is 15.4 Å². The van der Waals surface area contributed by atoms with Crippen molar-refractivity contribution in [1.82, 2.24) is 15.3 Å². The average Bonchev–Trinajstić information content (AvgIpc) is 2.55. The lowest BCUT2D eigenvalue weighted by Crippen LogP contribution is -2.26. The van der Waals surface area contributed by atoms with E-state index in [2.05, 4.69) is 20.6 Å². The van der Waals surface area contributed by atoms with E-state index in [0.29, 0.717) is 18.1 Å². The van der Waals surface area contributed by atoms with Crippen LogP contribution in [0.25, 0.3) is 0 Å². The van der Waals surface area contributed by atoms with Crippen LogP contribution in [0.4, 0.5) is 5.82 Å². The number of carbonyl (C=O) groups is 1. The molecule has 0 radical (unpaired) electrons. The van der Waals surface area contributed by atoms with Gasteiger partial charge in [0.05, 0.1) is 19.5 Å². The second-order valence-electron chi connectivity index (χ2n) is 4.39. The van der Waals surface area contributed by atoms with Gasteiger partial charge in [0, 0.05) is 13.6 Å². The van der Waals surface area contributed by atoms with Gasteiger partial charge in [0.15, 0.2) is 0 Å². The number of anilines is 1. The molecule has 2 rings (SSSR count).